The second kappa shape index (κ2) is 3.84. The average molecular weight is 352 g/mol. The topological polar surface area (TPSA) is 66.8 Å². The van der Waals surface area contributed by atoms with E-state index < -0.39 is 17.1 Å². The number of Topliss-reactive ketones (excluding diaryl/α,β-unsaturated/α-hetero) is 1. The van der Waals surface area contributed by atoms with E-state index >= 15 is 0 Å². The average Bonchev–Trinajstić information content (AvgIpc) is 3.49. The lowest BCUT2D eigenvalue weighted by Crippen LogP contribution is -2.71. The number of hydrogen-bond donors (Lipinski definition) is 2. The lowest BCUT2D eigenvalue weighted by molar-refractivity contribution is -0.193. The Morgan fingerprint density at radius 2 is 2.04 bits per heavy atom. The first-order chi connectivity index (χ1) is 12.5. The number of carbonyl (C=O) groups is 1. The van der Waals surface area contributed by atoms with Crippen LogP contribution in [-0.2, 0) is 16.6 Å². The van der Waals surface area contributed by atoms with Gasteiger partial charge in [-0.3, -0.25) is 4.79 Å². The molecule has 0 amide bonds. The number of aromatic hydroxyl groups is 1. The highest BCUT2D eigenvalue weighted by molar-refractivity contribution is 5.90. The number of hydrogen-bond acceptors (Lipinski definition) is 4. The molecule has 2 bridgehead atoms. The van der Waals surface area contributed by atoms with Gasteiger partial charge in [-0.15, -0.1) is 0 Å². The van der Waals surface area contributed by atoms with Gasteiger partial charge in [0, 0.05) is 17.4 Å². The van der Waals surface area contributed by atoms with Crippen LogP contribution in [0, 0.1) is 16.7 Å². The van der Waals surface area contributed by atoms with Crippen molar-refractivity contribution >= 4 is 5.78 Å². The number of phenolic OH excluding ortho intramolecular Hbond substituents is 1. The van der Waals surface area contributed by atoms with E-state index in [4.69, 9.17) is 4.74 Å². The predicted molar refractivity (Wildman–Crippen MR) is 93.2 cm³/mol. The van der Waals surface area contributed by atoms with Gasteiger partial charge in [0.05, 0.1) is 11.0 Å². The lowest BCUT2D eigenvalue weighted by atomic mass is 9.43. The van der Waals surface area contributed by atoms with Gasteiger partial charge in [-0.1, -0.05) is 18.9 Å². The molecule has 4 unspecified atom stereocenters. The Morgan fingerprint density at radius 3 is 2.85 bits per heavy atom. The normalized spacial score (nSPS) is 49.3. The molecule has 1 aromatic carbocycles. The third-order valence-corrected chi connectivity index (χ3v) is 9.30. The second-order valence-electron chi connectivity index (χ2n) is 10.1. The fourth-order valence-corrected chi connectivity index (χ4v) is 8.12. The highest BCUT2D eigenvalue weighted by Gasteiger charge is 2.87. The van der Waals surface area contributed by atoms with Crippen LogP contribution in [0.5, 0.6) is 11.5 Å². The molecule has 6 aliphatic rings. The summed E-state index contributed by atoms with van der Waals surface area (Å²) in [6, 6.07) is 3.74. The van der Waals surface area contributed by atoms with E-state index in [1.165, 1.54) is 24.8 Å². The van der Waals surface area contributed by atoms with Crippen LogP contribution in [0.1, 0.15) is 62.5 Å². The van der Waals surface area contributed by atoms with Gasteiger partial charge in [-0.2, -0.15) is 0 Å². The molecule has 4 heteroatoms. The Labute approximate surface area is 152 Å². The Balaban J connectivity index is 1.52. The van der Waals surface area contributed by atoms with E-state index in [1.807, 2.05) is 6.07 Å². The molecule has 1 aliphatic heterocycles. The first-order valence-electron chi connectivity index (χ1n) is 10.2. The summed E-state index contributed by atoms with van der Waals surface area (Å²) in [5, 5.41) is 22.7. The Kier molecular flexibility index (Phi) is 2.14. The van der Waals surface area contributed by atoms with Crippen LogP contribution in [0.2, 0.25) is 0 Å². The molecule has 5 aliphatic carbocycles. The third kappa shape index (κ3) is 1.21. The molecule has 136 valence electrons. The molecule has 0 saturated heterocycles. The minimum Gasteiger partial charge on any atom is -0.504 e. The van der Waals surface area contributed by atoms with Gasteiger partial charge < -0.3 is 14.9 Å². The van der Waals surface area contributed by atoms with Gasteiger partial charge in [0.1, 0.15) is 0 Å². The Bertz CT molecular complexity index is 904. The SMILES string of the molecule is O=C1CCC2(O)C34Cc5ccc(O)c6c5[C@@]2(CCC3(CC2CC2)C4)C1O6. The van der Waals surface area contributed by atoms with Crippen molar-refractivity contribution < 1.29 is 19.7 Å². The van der Waals surface area contributed by atoms with E-state index in [9.17, 15) is 15.0 Å². The monoisotopic (exact) mass is 352 g/mol. The molecule has 0 radical (unpaired) electrons. The molecule has 2 N–H and O–H groups in total. The number of carbonyl (C=O) groups excluding carboxylic acids is 1. The van der Waals surface area contributed by atoms with Crippen LogP contribution in [0.15, 0.2) is 12.1 Å². The number of phenols is 1. The third-order valence-electron chi connectivity index (χ3n) is 9.30. The molecule has 2 spiro atoms. The van der Waals surface area contributed by atoms with Gasteiger partial charge in [0.2, 0.25) is 0 Å². The smallest absolute Gasteiger partial charge is 0.174 e. The molecule has 7 rings (SSSR count). The Hall–Kier alpha value is -1.55. The molecule has 4 nitrogen and oxygen atoms in total. The zero-order valence-corrected chi connectivity index (χ0v) is 14.9. The summed E-state index contributed by atoms with van der Waals surface area (Å²) in [4.78, 5) is 12.8. The molecule has 5 atom stereocenters. The van der Waals surface area contributed by atoms with Crippen LogP contribution in [0.3, 0.4) is 0 Å². The number of benzene rings is 1. The maximum absolute atomic E-state index is 12.8. The number of ketones is 1. The van der Waals surface area contributed by atoms with E-state index in [2.05, 4.69) is 0 Å². The minimum absolute atomic E-state index is 0.0886. The summed E-state index contributed by atoms with van der Waals surface area (Å²) in [7, 11) is 0. The summed E-state index contributed by atoms with van der Waals surface area (Å²) in [6.07, 6.45) is 8.19. The molecule has 1 heterocycles. The van der Waals surface area contributed by atoms with Crippen LogP contribution in [0.25, 0.3) is 0 Å². The van der Waals surface area contributed by atoms with Crippen LogP contribution < -0.4 is 4.74 Å². The van der Waals surface area contributed by atoms with Gasteiger partial charge in [-0.05, 0) is 61.5 Å². The first kappa shape index (κ1) is 14.5. The zero-order valence-electron chi connectivity index (χ0n) is 14.9. The molecule has 4 saturated carbocycles. The van der Waals surface area contributed by atoms with Crippen LogP contribution in [-0.4, -0.2) is 27.7 Å². The minimum atomic E-state index is -0.863. The summed E-state index contributed by atoms with van der Waals surface area (Å²) >= 11 is 0. The van der Waals surface area contributed by atoms with Gasteiger partial charge in [0.15, 0.2) is 23.4 Å². The second-order valence-corrected chi connectivity index (χ2v) is 10.1. The van der Waals surface area contributed by atoms with E-state index in [0.29, 0.717) is 18.6 Å². The summed E-state index contributed by atoms with van der Waals surface area (Å²) in [5.41, 5.74) is 0.852. The molecular formula is C22H24O4. The van der Waals surface area contributed by atoms with Crippen LogP contribution in [0.4, 0.5) is 0 Å². The molecule has 26 heavy (non-hydrogen) atoms. The van der Waals surface area contributed by atoms with Crippen molar-refractivity contribution in [3.63, 3.8) is 0 Å². The van der Waals surface area contributed by atoms with Crippen molar-refractivity contribution in [1.29, 1.82) is 0 Å². The first-order valence-corrected chi connectivity index (χ1v) is 10.2. The molecule has 4 fully saturated rings. The lowest BCUT2D eigenvalue weighted by Gasteiger charge is -2.62. The largest absolute Gasteiger partial charge is 0.504 e. The van der Waals surface area contributed by atoms with Gasteiger partial charge in [-0.25, -0.2) is 0 Å². The predicted octanol–water partition coefficient (Wildman–Crippen LogP) is 3.01. The van der Waals surface area contributed by atoms with Crippen LogP contribution >= 0.6 is 0 Å². The van der Waals surface area contributed by atoms with Crippen molar-refractivity contribution in [2.24, 2.45) is 16.7 Å². The number of rotatable bonds is 2. The van der Waals surface area contributed by atoms with Gasteiger partial charge >= 0.3 is 0 Å². The Morgan fingerprint density at radius 1 is 1.19 bits per heavy atom. The van der Waals surface area contributed by atoms with Crippen molar-refractivity contribution in [1.82, 2.24) is 0 Å². The van der Waals surface area contributed by atoms with Gasteiger partial charge in [0.25, 0.3) is 0 Å². The summed E-state index contributed by atoms with van der Waals surface area (Å²) in [5.74, 6) is 1.55. The van der Waals surface area contributed by atoms with E-state index in [1.54, 1.807) is 6.07 Å². The van der Waals surface area contributed by atoms with Crippen molar-refractivity contribution in [3.05, 3.63) is 23.3 Å². The fourth-order valence-electron chi connectivity index (χ4n) is 8.12. The fraction of sp³-hybridized carbons (Fsp3) is 0.682. The van der Waals surface area contributed by atoms with E-state index in [0.717, 1.165) is 37.2 Å². The van der Waals surface area contributed by atoms with Crippen molar-refractivity contribution in [3.8, 4) is 11.5 Å². The molecular weight excluding hydrogens is 328 g/mol. The van der Waals surface area contributed by atoms with E-state index in [-0.39, 0.29) is 22.4 Å². The highest BCUT2D eigenvalue weighted by atomic mass is 16.5. The zero-order chi connectivity index (χ0) is 17.5. The standard InChI is InChI=1S/C22H24O4/c23-14-4-3-13-10-20-11-19(20,9-12-1-2-12)7-8-21-16(13)17(14)26-18(21)15(24)5-6-22(20,21)25/h3-4,12,18,23,25H,1-2,5-11H2/t18?,19?,20?,21-,22?/m0/s1. The maximum Gasteiger partial charge on any atom is 0.174 e. The van der Waals surface area contributed by atoms with Crippen molar-refractivity contribution in [2.45, 2.75) is 74.9 Å². The maximum atomic E-state index is 12.8. The van der Waals surface area contributed by atoms with Crippen molar-refractivity contribution in [2.75, 3.05) is 0 Å². The molecule has 1 aromatic rings. The highest BCUT2D eigenvalue weighted by Crippen LogP contribution is 2.86. The number of aliphatic hydroxyl groups is 1. The molecule has 0 aromatic heterocycles. The number of ether oxygens (including phenoxy) is 1. The quantitative estimate of drug-likeness (QED) is 0.859. The summed E-state index contributed by atoms with van der Waals surface area (Å²) in [6.45, 7) is 0. The summed E-state index contributed by atoms with van der Waals surface area (Å²) < 4.78 is 6.12.